The Morgan fingerprint density at radius 1 is 1.67 bits per heavy atom. The minimum absolute atomic E-state index is 0.273. The predicted octanol–water partition coefficient (Wildman–Crippen LogP) is 0.835. The summed E-state index contributed by atoms with van der Waals surface area (Å²) in [4.78, 5) is 21.1. The molecule has 2 unspecified atom stereocenters. The Kier molecular flexibility index (Phi) is 4.36. The van der Waals surface area contributed by atoms with Crippen molar-refractivity contribution in [3.05, 3.63) is 34.1 Å². The van der Waals surface area contributed by atoms with Crippen molar-refractivity contribution in [3.8, 4) is 0 Å². The van der Waals surface area contributed by atoms with Crippen molar-refractivity contribution in [2.45, 2.75) is 11.0 Å². The molecule has 8 heteroatoms. The van der Waals surface area contributed by atoms with E-state index in [9.17, 15) is 20.0 Å². The highest BCUT2D eigenvalue weighted by Gasteiger charge is 2.47. The fraction of sp³-hybridized carbons (Fsp3) is 0.500. The summed E-state index contributed by atoms with van der Waals surface area (Å²) in [5.41, 5.74) is 0. The molecule has 1 N–H and O–H groups in total. The molecule has 1 aliphatic rings. The van der Waals surface area contributed by atoms with Crippen LogP contribution in [-0.4, -0.2) is 52.3 Å². The number of thioether (sulfide) groups is 1. The number of rotatable bonds is 3. The molecule has 0 bridgehead atoms. The lowest BCUT2D eigenvalue weighted by Gasteiger charge is -2.28. The SMILES string of the molecule is COC1=CC(O)(SC(=O)N(C)C)C([N+](=O)[O-])C=C1. The lowest BCUT2D eigenvalue weighted by Crippen LogP contribution is -2.45. The molecule has 0 aromatic rings. The van der Waals surface area contributed by atoms with E-state index in [4.69, 9.17) is 4.74 Å². The lowest BCUT2D eigenvalue weighted by molar-refractivity contribution is -0.521. The van der Waals surface area contributed by atoms with Gasteiger partial charge in [0, 0.05) is 25.1 Å². The fourth-order valence-electron chi connectivity index (χ4n) is 1.33. The van der Waals surface area contributed by atoms with E-state index in [0.29, 0.717) is 11.8 Å². The van der Waals surface area contributed by atoms with Gasteiger partial charge in [-0.05, 0) is 23.9 Å². The van der Waals surface area contributed by atoms with Crippen LogP contribution in [0.25, 0.3) is 0 Å². The maximum Gasteiger partial charge on any atom is 0.284 e. The van der Waals surface area contributed by atoms with Gasteiger partial charge in [0.05, 0.1) is 7.11 Å². The topological polar surface area (TPSA) is 92.9 Å². The minimum atomic E-state index is -1.95. The monoisotopic (exact) mass is 274 g/mol. The molecule has 0 saturated heterocycles. The zero-order chi connectivity index (χ0) is 13.9. The number of carbonyl (C=O) groups is 1. The molecule has 100 valence electrons. The molecule has 0 saturated carbocycles. The number of nitrogens with zero attached hydrogens (tertiary/aromatic N) is 2. The summed E-state index contributed by atoms with van der Waals surface area (Å²) in [6, 6.07) is -1.40. The Morgan fingerprint density at radius 2 is 2.28 bits per heavy atom. The molecule has 0 aromatic heterocycles. The van der Waals surface area contributed by atoms with E-state index in [1.165, 1.54) is 44.3 Å². The molecule has 0 fully saturated rings. The van der Waals surface area contributed by atoms with Crippen molar-refractivity contribution in [1.29, 1.82) is 0 Å². The zero-order valence-corrected chi connectivity index (χ0v) is 11.0. The van der Waals surface area contributed by atoms with Crippen molar-refractivity contribution < 1.29 is 19.6 Å². The quantitative estimate of drug-likeness (QED) is 0.465. The molecule has 0 heterocycles. The van der Waals surface area contributed by atoms with E-state index in [1.807, 2.05) is 0 Å². The van der Waals surface area contributed by atoms with E-state index in [1.54, 1.807) is 0 Å². The molecule has 1 amide bonds. The van der Waals surface area contributed by atoms with Crippen LogP contribution in [0.1, 0.15) is 0 Å². The maximum atomic E-state index is 11.6. The first-order chi connectivity index (χ1) is 8.30. The number of amides is 1. The van der Waals surface area contributed by atoms with Gasteiger partial charge in [-0.2, -0.15) is 0 Å². The van der Waals surface area contributed by atoms with Gasteiger partial charge in [0.1, 0.15) is 5.76 Å². The van der Waals surface area contributed by atoms with Crippen LogP contribution in [-0.2, 0) is 4.74 Å². The van der Waals surface area contributed by atoms with Gasteiger partial charge in [-0.15, -0.1) is 0 Å². The lowest BCUT2D eigenvalue weighted by atomic mass is 10.0. The highest BCUT2D eigenvalue weighted by atomic mass is 32.2. The van der Waals surface area contributed by atoms with Gasteiger partial charge >= 0.3 is 0 Å². The average molecular weight is 274 g/mol. The third kappa shape index (κ3) is 3.02. The summed E-state index contributed by atoms with van der Waals surface area (Å²) >= 11 is 0.480. The van der Waals surface area contributed by atoms with Gasteiger partial charge < -0.3 is 14.7 Å². The Labute approximate surface area is 108 Å². The van der Waals surface area contributed by atoms with Crippen molar-refractivity contribution >= 4 is 17.0 Å². The first-order valence-corrected chi connectivity index (χ1v) is 5.83. The Bertz CT molecular complexity index is 420. The number of aliphatic hydroxyl groups is 1. The van der Waals surface area contributed by atoms with Crippen LogP contribution in [0.15, 0.2) is 24.0 Å². The first kappa shape index (κ1) is 14.5. The number of allylic oxidation sites excluding steroid dienone is 1. The molecule has 0 aromatic carbocycles. The number of nitro groups is 1. The Balaban J connectivity index is 3.04. The summed E-state index contributed by atoms with van der Waals surface area (Å²) in [5, 5.41) is 20.7. The second-order valence-electron chi connectivity index (χ2n) is 3.85. The number of hydrogen-bond donors (Lipinski definition) is 1. The third-order valence-corrected chi connectivity index (χ3v) is 3.52. The average Bonchev–Trinajstić information content (AvgIpc) is 2.27. The van der Waals surface area contributed by atoms with Crippen LogP contribution in [0.4, 0.5) is 4.79 Å². The van der Waals surface area contributed by atoms with E-state index >= 15 is 0 Å². The van der Waals surface area contributed by atoms with E-state index in [2.05, 4.69) is 0 Å². The molecule has 1 rings (SSSR count). The van der Waals surface area contributed by atoms with Crippen LogP contribution in [0.2, 0.25) is 0 Å². The molecule has 1 aliphatic carbocycles. The predicted molar refractivity (Wildman–Crippen MR) is 66.6 cm³/mol. The summed E-state index contributed by atoms with van der Waals surface area (Å²) in [6.07, 6.45) is 3.77. The number of hydrogen-bond acceptors (Lipinski definition) is 6. The van der Waals surface area contributed by atoms with Gasteiger partial charge in [-0.3, -0.25) is 14.9 Å². The first-order valence-electron chi connectivity index (χ1n) is 5.01. The van der Waals surface area contributed by atoms with Crippen molar-refractivity contribution in [2.75, 3.05) is 21.2 Å². The standard InChI is InChI=1S/C10H14N2O5S/c1-11(2)9(13)18-10(14)6-7(17-3)4-5-8(10)12(15)16/h4-6,8,14H,1-3H3. The molecule has 0 spiro atoms. The van der Waals surface area contributed by atoms with Gasteiger partial charge in [-0.1, -0.05) is 0 Å². The Hall–Kier alpha value is -1.54. The summed E-state index contributed by atoms with van der Waals surface area (Å²) in [7, 11) is 4.38. The van der Waals surface area contributed by atoms with Gasteiger partial charge in [0.15, 0.2) is 0 Å². The minimum Gasteiger partial charge on any atom is -0.497 e. The van der Waals surface area contributed by atoms with Crippen molar-refractivity contribution in [2.24, 2.45) is 0 Å². The highest BCUT2D eigenvalue weighted by molar-refractivity contribution is 8.14. The van der Waals surface area contributed by atoms with E-state index in [0.717, 1.165) is 0 Å². The van der Waals surface area contributed by atoms with Gasteiger partial charge in [0.25, 0.3) is 11.3 Å². The van der Waals surface area contributed by atoms with Gasteiger partial charge in [-0.25, -0.2) is 0 Å². The van der Waals surface area contributed by atoms with Crippen molar-refractivity contribution in [3.63, 3.8) is 0 Å². The molecule has 2 atom stereocenters. The number of methoxy groups -OCH3 is 1. The summed E-state index contributed by atoms with van der Waals surface area (Å²) < 4.78 is 4.91. The van der Waals surface area contributed by atoms with Crippen LogP contribution in [0.3, 0.4) is 0 Å². The molecule has 0 aliphatic heterocycles. The fourth-order valence-corrected chi connectivity index (χ4v) is 2.25. The Morgan fingerprint density at radius 3 is 2.72 bits per heavy atom. The second kappa shape index (κ2) is 5.40. The summed E-state index contributed by atoms with van der Waals surface area (Å²) in [5.74, 6) is 0.273. The third-order valence-electron chi connectivity index (χ3n) is 2.29. The van der Waals surface area contributed by atoms with Crippen LogP contribution in [0.5, 0.6) is 0 Å². The van der Waals surface area contributed by atoms with Crippen LogP contribution < -0.4 is 0 Å². The second-order valence-corrected chi connectivity index (χ2v) is 5.06. The van der Waals surface area contributed by atoms with Gasteiger partial charge in [0.2, 0.25) is 4.93 Å². The van der Waals surface area contributed by atoms with E-state index in [-0.39, 0.29) is 5.76 Å². The zero-order valence-electron chi connectivity index (χ0n) is 10.2. The van der Waals surface area contributed by atoms with Crippen molar-refractivity contribution in [1.82, 2.24) is 4.90 Å². The highest BCUT2D eigenvalue weighted by Crippen LogP contribution is 2.35. The van der Waals surface area contributed by atoms with E-state index < -0.39 is 21.1 Å². The van der Waals surface area contributed by atoms with Crippen LogP contribution in [0, 0.1) is 10.1 Å². The molecular weight excluding hydrogens is 260 g/mol. The molecule has 0 radical (unpaired) electrons. The normalized spacial score (nSPS) is 26.4. The number of ether oxygens (including phenoxy) is 1. The largest absolute Gasteiger partial charge is 0.497 e. The number of carbonyl (C=O) groups excluding carboxylic acids is 1. The molecular formula is C10H14N2O5S. The molecule has 7 nitrogen and oxygen atoms in total. The smallest absolute Gasteiger partial charge is 0.284 e. The summed E-state index contributed by atoms with van der Waals surface area (Å²) in [6.45, 7) is 0. The molecule has 18 heavy (non-hydrogen) atoms. The van der Waals surface area contributed by atoms with Crippen LogP contribution >= 0.6 is 11.8 Å². The maximum absolute atomic E-state index is 11.6.